The van der Waals surface area contributed by atoms with Gasteiger partial charge < -0.3 is 10.2 Å². The molecule has 4 aromatic carbocycles. The molecule has 1 saturated carbocycles. The van der Waals surface area contributed by atoms with Gasteiger partial charge in [0.25, 0.3) is 0 Å². The van der Waals surface area contributed by atoms with Gasteiger partial charge in [0.05, 0.1) is 12.2 Å². The molecule has 7 rings (SSSR count). The van der Waals surface area contributed by atoms with Gasteiger partial charge in [0.1, 0.15) is 0 Å². The van der Waals surface area contributed by atoms with E-state index in [1.165, 1.54) is 30.7 Å². The molecule has 3 aliphatic rings. The van der Waals surface area contributed by atoms with Gasteiger partial charge in [0.2, 0.25) is 0 Å². The number of aliphatic hydroxyl groups is 2. The van der Waals surface area contributed by atoms with Crippen LogP contribution < -0.4 is 0 Å². The lowest BCUT2D eigenvalue weighted by Crippen LogP contribution is -2.53. The number of hydrogen-bond donors (Lipinski definition) is 2. The molecule has 1 aliphatic carbocycles. The summed E-state index contributed by atoms with van der Waals surface area (Å²) in [6.45, 7) is 0. The van der Waals surface area contributed by atoms with E-state index >= 15 is 0 Å². The first-order valence-electron chi connectivity index (χ1n) is 13.5. The number of aliphatic hydroxyl groups excluding tert-OH is 2. The summed E-state index contributed by atoms with van der Waals surface area (Å²) in [5.74, 6) is -0.681. The molecule has 4 heteroatoms. The van der Waals surface area contributed by atoms with E-state index in [0.29, 0.717) is 0 Å². The third-order valence-corrected chi connectivity index (χ3v) is 10.1. The summed E-state index contributed by atoms with van der Waals surface area (Å²) in [6, 6.07) is 37.5. The van der Waals surface area contributed by atoms with Gasteiger partial charge >= 0.3 is 0 Å². The summed E-state index contributed by atoms with van der Waals surface area (Å²) in [6.07, 6.45) is 7.19. The van der Waals surface area contributed by atoms with Crippen LogP contribution in [-0.2, 0) is 0 Å². The molecular formula is C36H28O2S2. The number of thioether (sulfide) groups is 2. The minimum absolute atomic E-state index is 0.341. The van der Waals surface area contributed by atoms with Crippen molar-refractivity contribution in [3.8, 4) is 0 Å². The zero-order valence-electron chi connectivity index (χ0n) is 21.7. The van der Waals surface area contributed by atoms with Gasteiger partial charge in [-0.2, -0.15) is 0 Å². The molecule has 0 amide bonds. The van der Waals surface area contributed by atoms with Crippen LogP contribution in [0.4, 0.5) is 0 Å². The fraction of sp³-hybridized carbons (Fsp3) is 0.111. The molecule has 1 fully saturated rings. The van der Waals surface area contributed by atoms with E-state index in [2.05, 4.69) is 109 Å². The van der Waals surface area contributed by atoms with Crippen LogP contribution >= 0.6 is 23.5 Å². The van der Waals surface area contributed by atoms with E-state index in [-0.39, 0.29) is 11.8 Å². The van der Waals surface area contributed by atoms with Gasteiger partial charge in [-0.05, 0) is 57.7 Å². The van der Waals surface area contributed by atoms with E-state index in [1.807, 2.05) is 24.3 Å². The molecule has 0 aromatic heterocycles. The Morgan fingerprint density at radius 2 is 0.850 bits per heavy atom. The normalized spacial score (nSPS) is 25.4. The topological polar surface area (TPSA) is 40.5 Å². The summed E-state index contributed by atoms with van der Waals surface area (Å²) in [5.41, 5.74) is 6.71. The minimum atomic E-state index is -0.666. The van der Waals surface area contributed by atoms with E-state index in [0.717, 1.165) is 22.3 Å². The summed E-state index contributed by atoms with van der Waals surface area (Å²) in [7, 11) is 0. The minimum Gasteiger partial charge on any atom is -0.392 e. The Bertz CT molecular complexity index is 1550. The third kappa shape index (κ3) is 4.71. The van der Waals surface area contributed by atoms with Crippen molar-refractivity contribution >= 4 is 44.5 Å². The maximum atomic E-state index is 11.4. The predicted molar refractivity (Wildman–Crippen MR) is 168 cm³/mol. The Hall–Kier alpha value is -3.54. The Morgan fingerprint density at radius 3 is 1.27 bits per heavy atom. The number of hydrogen-bond acceptors (Lipinski definition) is 4. The van der Waals surface area contributed by atoms with Crippen molar-refractivity contribution in [3.63, 3.8) is 0 Å². The van der Waals surface area contributed by atoms with Gasteiger partial charge in [-0.3, -0.25) is 0 Å². The van der Waals surface area contributed by atoms with Crippen LogP contribution in [0.3, 0.4) is 0 Å². The molecule has 0 saturated heterocycles. The highest BCUT2D eigenvalue weighted by molar-refractivity contribution is 8.08. The molecule has 0 bridgehead atoms. The van der Waals surface area contributed by atoms with Crippen LogP contribution in [0.5, 0.6) is 0 Å². The molecule has 196 valence electrons. The lowest BCUT2D eigenvalue weighted by molar-refractivity contribution is -0.109. The molecule has 2 nitrogen and oxygen atoms in total. The van der Waals surface area contributed by atoms with Crippen LogP contribution in [0.2, 0.25) is 0 Å². The first-order chi connectivity index (χ1) is 19.7. The van der Waals surface area contributed by atoms with Crippen molar-refractivity contribution < 1.29 is 10.2 Å². The van der Waals surface area contributed by atoms with Crippen molar-refractivity contribution in [1.82, 2.24) is 0 Å². The van der Waals surface area contributed by atoms with Crippen molar-refractivity contribution in [2.75, 3.05) is 0 Å². The summed E-state index contributed by atoms with van der Waals surface area (Å²) >= 11 is 3.52. The highest BCUT2D eigenvalue weighted by Crippen LogP contribution is 2.49. The fourth-order valence-electron chi connectivity index (χ4n) is 5.67. The van der Waals surface area contributed by atoms with Gasteiger partial charge in [-0.15, -0.1) is 0 Å². The van der Waals surface area contributed by atoms with Crippen molar-refractivity contribution in [1.29, 1.82) is 0 Å². The zero-order chi connectivity index (χ0) is 27.1. The molecular weight excluding hydrogens is 529 g/mol. The van der Waals surface area contributed by atoms with Crippen molar-refractivity contribution in [2.45, 2.75) is 22.0 Å². The number of allylic oxidation sites excluding steroid dienone is 4. The van der Waals surface area contributed by atoms with Crippen LogP contribution in [0.15, 0.2) is 143 Å². The van der Waals surface area contributed by atoms with E-state index in [4.69, 9.17) is 0 Å². The van der Waals surface area contributed by atoms with Gasteiger partial charge in [-0.1, -0.05) is 133 Å². The lowest BCUT2D eigenvalue weighted by Gasteiger charge is -2.44. The maximum absolute atomic E-state index is 11.4. The molecule has 4 aromatic rings. The lowest BCUT2D eigenvalue weighted by atomic mass is 9.67. The van der Waals surface area contributed by atoms with Crippen molar-refractivity contribution in [2.24, 2.45) is 11.8 Å². The summed E-state index contributed by atoms with van der Waals surface area (Å²) in [4.78, 5) is 4.71. The Morgan fingerprint density at radius 1 is 0.475 bits per heavy atom. The Kier molecular flexibility index (Phi) is 6.86. The molecule has 2 N–H and O–H groups in total. The second-order valence-corrected chi connectivity index (χ2v) is 12.5. The molecule has 2 heterocycles. The fourth-order valence-corrected chi connectivity index (χ4v) is 7.91. The second-order valence-electron chi connectivity index (χ2n) is 10.3. The van der Waals surface area contributed by atoms with E-state index in [1.54, 1.807) is 23.5 Å². The molecule has 0 atom stereocenters. The standard InChI is InChI=1S/C36H28O2S2/c37-35-29(19-25-21-33(23-11-3-1-4-12-23)39-31-17-9-7-15-27(25)31)36(38)30(35)20-26-22-34(24-13-5-2-6-14-24)40-32-18-10-8-16-28(26)32/h1-22,29-30,35-38H/b25-19+,26-20+. The average molecular weight is 557 g/mol. The largest absolute Gasteiger partial charge is 0.392 e. The smallest absolute Gasteiger partial charge is 0.0716 e. The van der Waals surface area contributed by atoms with Crippen molar-refractivity contribution in [3.05, 3.63) is 156 Å². The number of benzene rings is 4. The van der Waals surface area contributed by atoms with Gasteiger partial charge in [-0.25, -0.2) is 0 Å². The van der Waals surface area contributed by atoms with Crippen LogP contribution in [-0.4, -0.2) is 22.4 Å². The maximum Gasteiger partial charge on any atom is 0.0716 e. The van der Waals surface area contributed by atoms with Crippen LogP contribution in [0.25, 0.3) is 21.0 Å². The summed E-state index contributed by atoms with van der Waals surface area (Å²) in [5, 5.41) is 22.7. The monoisotopic (exact) mass is 556 g/mol. The highest BCUT2D eigenvalue weighted by Gasteiger charge is 2.47. The third-order valence-electron chi connectivity index (χ3n) is 7.85. The summed E-state index contributed by atoms with van der Waals surface area (Å²) < 4.78 is 0. The first-order valence-corrected chi connectivity index (χ1v) is 15.2. The second kappa shape index (κ2) is 10.8. The Labute approximate surface area is 243 Å². The van der Waals surface area contributed by atoms with Gasteiger partial charge in [0.15, 0.2) is 0 Å². The average Bonchev–Trinajstić information content (AvgIpc) is 3.02. The van der Waals surface area contributed by atoms with Crippen LogP contribution in [0, 0.1) is 11.8 Å². The zero-order valence-corrected chi connectivity index (χ0v) is 23.4. The molecule has 0 radical (unpaired) electrons. The number of fused-ring (bicyclic) bond motifs is 2. The Balaban J connectivity index is 1.22. The van der Waals surface area contributed by atoms with Crippen LogP contribution in [0.1, 0.15) is 22.3 Å². The molecule has 0 unspecified atom stereocenters. The quantitative estimate of drug-likeness (QED) is 0.265. The number of rotatable bonds is 4. The predicted octanol–water partition coefficient (Wildman–Crippen LogP) is 8.42. The molecule has 2 aliphatic heterocycles. The highest BCUT2D eigenvalue weighted by atomic mass is 32.2. The first kappa shape index (κ1) is 25.4. The van der Waals surface area contributed by atoms with E-state index in [9.17, 15) is 10.2 Å². The molecule has 40 heavy (non-hydrogen) atoms. The molecule has 0 spiro atoms. The van der Waals surface area contributed by atoms with Gasteiger partial charge in [0, 0.05) is 31.4 Å². The SMILES string of the molecule is OC1C(/C=C2\C=C(c3ccccc3)Sc3ccccc32)C(O)C1/C=C1\C=C(c2ccccc2)Sc2ccccc21. The van der Waals surface area contributed by atoms with E-state index < -0.39 is 12.2 Å².